The van der Waals surface area contributed by atoms with Crippen LogP contribution in [0, 0.1) is 0 Å². The maximum Gasteiger partial charge on any atom is 0.145 e. The van der Waals surface area contributed by atoms with Crippen LogP contribution >= 0.6 is 0 Å². The van der Waals surface area contributed by atoms with Gasteiger partial charge in [-0.25, -0.2) is 4.98 Å². The summed E-state index contributed by atoms with van der Waals surface area (Å²) in [4.78, 5) is 12.9. The highest BCUT2D eigenvalue weighted by Crippen LogP contribution is 2.49. The summed E-state index contributed by atoms with van der Waals surface area (Å²) in [7, 11) is 0. The molecule has 4 heterocycles. The molecule has 68 heavy (non-hydrogen) atoms. The summed E-state index contributed by atoms with van der Waals surface area (Å²) in [5, 5.41) is 9.04. The minimum absolute atomic E-state index is 0.0345. The van der Waals surface area contributed by atoms with Crippen LogP contribution in [0.2, 0.25) is 0 Å². The summed E-state index contributed by atoms with van der Waals surface area (Å²) in [5.74, 6) is 0.978. The lowest BCUT2D eigenvalue weighted by Crippen LogP contribution is -2.29. The second-order valence-corrected chi connectivity index (χ2v) is 19.1. The largest absolute Gasteiger partial charge is 0.372 e. The fourth-order valence-corrected chi connectivity index (χ4v) is 11.7. The number of imidazole rings is 1. The first-order valence-electron chi connectivity index (χ1n) is 25.0. The molecular formula is C62H56N6. The summed E-state index contributed by atoms with van der Waals surface area (Å²) in [6, 6.07) is 61.4. The van der Waals surface area contributed by atoms with Gasteiger partial charge in [0, 0.05) is 54.5 Å². The first kappa shape index (κ1) is 40.7. The van der Waals surface area contributed by atoms with Crippen LogP contribution in [0.3, 0.4) is 0 Å². The van der Waals surface area contributed by atoms with E-state index in [-0.39, 0.29) is 6.17 Å². The van der Waals surface area contributed by atoms with Crippen molar-refractivity contribution in [1.29, 1.82) is 0 Å². The summed E-state index contributed by atoms with van der Waals surface area (Å²) < 4.78 is 2.35. The van der Waals surface area contributed by atoms with Gasteiger partial charge in [-0.1, -0.05) is 115 Å². The molecule has 8 aromatic carbocycles. The number of benzene rings is 8. The van der Waals surface area contributed by atoms with Crippen molar-refractivity contribution >= 4 is 66.7 Å². The lowest BCUT2D eigenvalue weighted by molar-refractivity contribution is 0.578. The molecule has 0 radical (unpaired) electrons. The Labute approximate surface area is 399 Å². The molecule has 1 atom stereocenters. The quantitative estimate of drug-likeness (QED) is 0.154. The molecule has 2 saturated heterocycles. The van der Waals surface area contributed by atoms with E-state index in [2.05, 4.69) is 207 Å². The molecule has 13 rings (SSSR count). The van der Waals surface area contributed by atoms with Gasteiger partial charge >= 0.3 is 0 Å². The third-order valence-corrected chi connectivity index (χ3v) is 15.0. The van der Waals surface area contributed by atoms with Crippen molar-refractivity contribution in [2.24, 2.45) is 0 Å². The normalized spacial score (nSPS) is 17.2. The molecule has 0 saturated carbocycles. The van der Waals surface area contributed by atoms with E-state index in [1.54, 1.807) is 0 Å². The van der Waals surface area contributed by atoms with Crippen LogP contribution in [0.25, 0.3) is 71.9 Å². The van der Waals surface area contributed by atoms with E-state index in [0.717, 1.165) is 67.1 Å². The first-order chi connectivity index (χ1) is 33.7. The molecule has 6 heteroatoms. The number of fused-ring (bicyclic) bond motifs is 4. The average molecular weight is 885 g/mol. The lowest BCUT2D eigenvalue weighted by Gasteiger charge is -2.30. The van der Waals surface area contributed by atoms with Crippen molar-refractivity contribution in [3.8, 4) is 33.6 Å². The van der Waals surface area contributed by atoms with Crippen LogP contribution in [0.4, 0.5) is 28.4 Å². The molecule has 1 aliphatic carbocycles. The number of anilines is 5. The van der Waals surface area contributed by atoms with Crippen LogP contribution in [0.5, 0.6) is 0 Å². The highest BCUT2D eigenvalue weighted by molar-refractivity contribution is 6.22. The zero-order valence-corrected chi connectivity index (χ0v) is 38.6. The summed E-state index contributed by atoms with van der Waals surface area (Å²) >= 11 is 0. The van der Waals surface area contributed by atoms with Crippen LogP contribution in [-0.4, -0.2) is 35.7 Å². The third kappa shape index (κ3) is 7.13. The van der Waals surface area contributed by atoms with Crippen molar-refractivity contribution in [1.82, 2.24) is 9.55 Å². The summed E-state index contributed by atoms with van der Waals surface area (Å²) in [6.45, 7) is 4.40. The van der Waals surface area contributed by atoms with Crippen molar-refractivity contribution in [3.05, 3.63) is 188 Å². The second kappa shape index (κ2) is 17.3. The summed E-state index contributed by atoms with van der Waals surface area (Å²) in [6.07, 6.45) is 16.5. The SMILES string of the molecule is C1=CC(n2c(-c3ccc(-c4c5ccc(N6CCCCC6)cc5c(-c5ccc(C6Nc7ccccc7N6c6ccccc6)cc5)c5ccc(N6CCCCC6)cc45)cc3)nc3ccccc32)=CCC1. The minimum atomic E-state index is -0.0345. The van der Waals surface area contributed by atoms with Gasteiger partial charge in [-0.2, -0.15) is 0 Å². The number of nitrogens with one attached hydrogen (secondary N) is 1. The van der Waals surface area contributed by atoms with Gasteiger partial charge in [0.1, 0.15) is 12.0 Å². The Morgan fingerprint density at radius 1 is 0.485 bits per heavy atom. The van der Waals surface area contributed by atoms with E-state index in [9.17, 15) is 0 Å². The molecular weight excluding hydrogens is 829 g/mol. The number of aromatic nitrogens is 2. The number of para-hydroxylation sites is 5. The number of nitrogens with zero attached hydrogens (tertiary/aromatic N) is 5. The zero-order valence-electron chi connectivity index (χ0n) is 38.6. The highest BCUT2D eigenvalue weighted by atomic mass is 15.3. The van der Waals surface area contributed by atoms with Crippen molar-refractivity contribution in [3.63, 3.8) is 0 Å². The molecule has 1 N–H and O–H groups in total. The van der Waals surface area contributed by atoms with E-state index < -0.39 is 0 Å². The fraction of sp³-hybridized carbons (Fsp3) is 0.210. The van der Waals surface area contributed by atoms with Crippen molar-refractivity contribution in [2.75, 3.05) is 46.2 Å². The first-order valence-corrected chi connectivity index (χ1v) is 25.0. The van der Waals surface area contributed by atoms with Gasteiger partial charge in [-0.05, 0) is 167 Å². The maximum absolute atomic E-state index is 5.26. The van der Waals surface area contributed by atoms with Crippen molar-refractivity contribution < 1.29 is 0 Å². The molecule has 334 valence electrons. The monoisotopic (exact) mass is 884 g/mol. The van der Waals surface area contributed by atoms with E-state index in [1.165, 1.54) is 116 Å². The predicted molar refractivity (Wildman–Crippen MR) is 287 cm³/mol. The standard InChI is InChI=1S/C62H56N6/c1-5-17-47(18-6-1)67-57-23-11-9-21-55(57)63-61(67)45-29-25-43(26-30-45)59-51-35-33-50(66-39-15-4-16-40-66)42-54(51)60(52-36-34-49(41-53(52)59)65-37-13-3-14-38-65)44-27-31-46(32-28-44)62-64-56-22-10-12-24-58(56)68(62)48-19-7-2-8-20-48/h1,5-7,9-12,17-36,41-42,61,63H,2-4,8,13-16,37-40H2. The third-order valence-electron chi connectivity index (χ3n) is 15.0. The highest BCUT2D eigenvalue weighted by Gasteiger charge is 2.31. The van der Waals surface area contributed by atoms with Gasteiger partial charge in [0.15, 0.2) is 0 Å². The maximum atomic E-state index is 5.26. The van der Waals surface area contributed by atoms with Crippen LogP contribution in [0.1, 0.15) is 63.1 Å². The molecule has 4 aliphatic rings. The number of rotatable bonds is 8. The van der Waals surface area contributed by atoms with E-state index in [1.807, 2.05) is 0 Å². The molecule has 0 bridgehead atoms. The number of hydrogen-bond donors (Lipinski definition) is 1. The molecule has 1 aromatic heterocycles. The summed E-state index contributed by atoms with van der Waals surface area (Å²) in [5.41, 5.74) is 16.9. The van der Waals surface area contributed by atoms with Gasteiger partial charge in [-0.3, -0.25) is 4.57 Å². The Morgan fingerprint density at radius 3 is 1.72 bits per heavy atom. The Balaban J connectivity index is 0.987. The Hall–Kier alpha value is -7.57. The van der Waals surface area contributed by atoms with Gasteiger partial charge in [0.25, 0.3) is 0 Å². The second-order valence-electron chi connectivity index (χ2n) is 19.1. The minimum Gasteiger partial charge on any atom is -0.372 e. The molecule has 9 aromatic rings. The van der Waals surface area contributed by atoms with Gasteiger partial charge in [0.2, 0.25) is 0 Å². The molecule has 6 nitrogen and oxygen atoms in total. The molecule has 1 unspecified atom stereocenters. The molecule has 0 spiro atoms. The van der Waals surface area contributed by atoms with Gasteiger partial charge in [-0.15, -0.1) is 0 Å². The van der Waals surface area contributed by atoms with Crippen molar-refractivity contribution in [2.45, 2.75) is 57.5 Å². The Bertz CT molecular complexity index is 3390. The average Bonchev–Trinajstić information content (AvgIpc) is 4.01. The molecule has 3 aliphatic heterocycles. The topological polar surface area (TPSA) is 39.6 Å². The van der Waals surface area contributed by atoms with Crippen LogP contribution < -0.4 is 20.0 Å². The van der Waals surface area contributed by atoms with Gasteiger partial charge in [0.05, 0.1) is 22.4 Å². The number of allylic oxidation sites excluding steroid dienone is 4. The van der Waals surface area contributed by atoms with Crippen LogP contribution in [0.15, 0.2) is 182 Å². The van der Waals surface area contributed by atoms with E-state index in [4.69, 9.17) is 4.98 Å². The fourth-order valence-electron chi connectivity index (χ4n) is 11.7. The van der Waals surface area contributed by atoms with Crippen LogP contribution in [-0.2, 0) is 0 Å². The zero-order chi connectivity index (χ0) is 45.0. The Morgan fingerprint density at radius 2 is 1.07 bits per heavy atom. The van der Waals surface area contributed by atoms with E-state index in [0.29, 0.717) is 0 Å². The Kier molecular flexibility index (Phi) is 10.3. The number of hydrogen-bond acceptors (Lipinski definition) is 5. The number of piperidine rings is 2. The van der Waals surface area contributed by atoms with Gasteiger partial charge < -0.3 is 20.0 Å². The smallest absolute Gasteiger partial charge is 0.145 e. The molecule has 0 amide bonds. The molecule has 2 fully saturated rings. The van der Waals surface area contributed by atoms with E-state index >= 15 is 0 Å². The lowest BCUT2D eigenvalue weighted by atomic mass is 9.85. The predicted octanol–water partition coefficient (Wildman–Crippen LogP) is 15.8.